The Hall–Kier alpha value is -0.130. The Morgan fingerprint density at radius 3 is 2.59 bits per heavy atom. The van der Waals surface area contributed by atoms with Gasteiger partial charge in [0.1, 0.15) is 9.84 Å². The van der Waals surface area contributed by atoms with Crippen LogP contribution in [-0.2, 0) is 9.84 Å². The second-order valence-corrected chi connectivity index (χ2v) is 7.70. The van der Waals surface area contributed by atoms with Gasteiger partial charge in [0, 0.05) is 11.8 Å². The minimum absolute atomic E-state index is 0.244. The molecule has 4 nitrogen and oxygen atoms in total. The lowest BCUT2D eigenvalue weighted by molar-refractivity contribution is 0.284. The van der Waals surface area contributed by atoms with E-state index in [0.717, 1.165) is 6.42 Å². The van der Waals surface area contributed by atoms with Crippen LogP contribution in [0.3, 0.4) is 0 Å². The molecule has 0 aromatic heterocycles. The average molecular weight is 262 g/mol. The monoisotopic (exact) mass is 262 g/mol. The molecule has 5 heteroatoms. The quantitative estimate of drug-likeness (QED) is 0.538. The number of rotatable bonds is 7. The fourth-order valence-electron chi connectivity index (χ4n) is 2.86. The van der Waals surface area contributed by atoms with Crippen molar-refractivity contribution in [1.29, 1.82) is 0 Å². The van der Waals surface area contributed by atoms with Gasteiger partial charge in [-0.3, -0.25) is 11.3 Å². The number of hydrogen-bond acceptors (Lipinski definition) is 4. The van der Waals surface area contributed by atoms with Crippen LogP contribution in [0.4, 0.5) is 0 Å². The van der Waals surface area contributed by atoms with E-state index >= 15 is 0 Å². The number of sulfone groups is 1. The fraction of sp³-hybridized carbons (Fsp3) is 1.00. The zero-order valence-corrected chi connectivity index (χ0v) is 11.8. The molecule has 0 aliphatic heterocycles. The van der Waals surface area contributed by atoms with Gasteiger partial charge in [-0.2, -0.15) is 0 Å². The third-order valence-electron chi connectivity index (χ3n) is 4.07. The van der Waals surface area contributed by atoms with Gasteiger partial charge in [0.05, 0.1) is 5.75 Å². The third-order valence-corrected chi connectivity index (χ3v) is 5.86. The minimum atomic E-state index is -2.83. The predicted octanol–water partition coefficient (Wildman–Crippen LogP) is 1.47. The summed E-state index contributed by atoms with van der Waals surface area (Å²) in [6, 6.07) is 0.277. The van der Waals surface area contributed by atoms with Gasteiger partial charge in [-0.1, -0.05) is 26.7 Å². The van der Waals surface area contributed by atoms with Crippen molar-refractivity contribution in [3.05, 3.63) is 0 Å². The van der Waals surface area contributed by atoms with Crippen LogP contribution in [0.25, 0.3) is 0 Å². The molecule has 1 aliphatic rings. The van der Waals surface area contributed by atoms with Crippen LogP contribution >= 0.6 is 0 Å². The summed E-state index contributed by atoms with van der Waals surface area (Å²) < 4.78 is 22.8. The summed E-state index contributed by atoms with van der Waals surface area (Å²) in [5.74, 6) is 7.46. The molecule has 17 heavy (non-hydrogen) atoms. The Kier molecular flexibility index (Phi) is 5.89. The van der Waals surface area contributed by atoms with Crippen LogP contribution in [0.5, 0.6) is 0 Å². The van der Waals surface area contributed by atoms with E-state index in [1.165, 1.54) is 19.3 Å². The second kappa shape index (κ2) is 6.71. The highest BCUT2D eigenvalue weighted by molar-refractivity contribution is 7.91. The largest absolute Gasteiger partial charge is 0.271 e. The van der Waals surface area contributed by atoms with Gasteiger partial charge in [0.2, 0.25) is 0 Å². The number of hydrazine groups is 1. The highest BCUT2D eigenvalue weighted by atomic mass is 32.2. The van der Waals surface area contributed by atoms with Crippen LogP contribution in [0.15, 0.2) is 0 Å². The smallest absolute Gasteiger partial charge is 0.150 e. The summed E-state index contributed by atoms with van der Waals surface area (Å²) in [7, 11) is -2.83. The van der Waals surface area contributed by atoms with E-state index in [2.05, 4.69) is 12.3 Å². The zero-order valence-electron chi connectivity index (χ0n) is 11.0. The highest BCUT2D eigenvalue weighted by Gasteiger charge is 2.30. The maximum atomic E-state index is 11.4. The minimum Gasteiger partial charge on any atom is -0.271 e. The first-order chi connectivity index (χ1) is 8.00. The summed E-state index contributed by atoms with van der Waals surface area (Å²) >= 11 is 0. The van der Waals surface area contributed by atoms with Crippen LogP contribution < -0.4 is 11.3 Å². The second-order valence-electron chi connectivity index (χ2n) is 5.22. The predicted molar refractivity (Wildman–Crippen MR) is 71.2 cm³/mol. The molecular weight excluding hydrogens is 236 g/mol. The van der Waals surface area contributed by atoms with Crippen molar-refractivity contribution in [3.8, 4) is 0 Å². The van der Waals surface area contributed by atoms with Crippen molar-refractivity contribution in [1.82, 2.24) is 5.43 Å². The molecule has 0 aromatic rings. The average Bonchev–Trinajstić information content (AvgIpc) is 2.71. The SMILES string of the molecule is CCS(=O)(=O)CCCC(NN)C1CCCC1C. The van der Waals surface area contributed by atoms with Gasteiger partial charge in [0.15, 0.2) is 0 Å². The zero-order chi connectivity index (χ0) is 12.9. The van der Waals surface area contributed by atoms with E-state index in [1.54, 1.807) is 6.92 Å². The molecule has 1 saturated carbocycles. The van der Waals surface area contributed by atoms with Crippen molar-refractivity contribution >= 4 is 9.84 Å². The molecule has 0 amide bonds. The topological polar surface area (TPSA) is 72.2 Å². The van der Waals surface area contributed by atoms with E-state index in [9.17, 15) is 8.42 Å². The van der Waals surface area contributed by atoms with E-state index in [-0.39, 0.29) is 11.8 Å². The van der Waals surface area contributed by atoms with Crippen LogP contribution in [0.2, 0.25) is 0 Å². The summed E-state index contributed by atoms with van der Waals surface area (Å²) in [4.78, 5) is 0. The number of nitrogens with two attached hydrogens (primary N) is 1. The molecule has 0 heterocycles. The van der Waals surface area contributed by atoms with Crippen molar-refractivity contribution in [2.45, 2.75) is 52.0 Å². The number of nitrogens with one attached hydrogen (secondary N) is 1. The van der Waals surface area contributed by atoms with Gasteiger partial charge in [-0.05, 0) is 31.1 Å². The lowest BCUT2D eigenvalue weighted by Crippen LogP contribution is -2.42. The summed E-state index contributed by atoms with van der Waals surface area (Å²) in [6.07, 6.45) is 5.35. The van der Waals surface area contributed by atoms with Gasteiger partial charge in [0.25, 0.3) is 0 Å². The Morgan fingerprint density at radius 2 is 2.12 bits per heavy atom. The molecule has 3 atom stereocenters. The molecule has 3 unspecified atom stereocenters. The van der Waals surface area contributed by atoms with Gasteiger partial charge in [-0.15, -0.1) is 0 Å². The maximum absolute atomic E-state index is 11.4. The van der Waals surface area contributed by atoms with Gasteiger partial charge in [-0.25, -0.2) is 8.42 Å². The Labute approximate surface area is 105 Å². The van der Waals surface area contributed by atoms with Crippen molar-refractivity contribution in [2.75, 3.05) is 11.5 Å². The van der Waals surface area contributed by atoms with Crippen LogP contribution in [-0.4, -0.2) is 26.0 Å². The molecule has 0 aromatic carbocycles. The fourth-order valence-corrected chi connectivity index (χ4v) is 3.76. The van der Waals surface area contributed by atoms with E-state index in [0.29, 0.717) is 24.0 Å². The third kappa shape index (κ3) is 4.56. The highest BCUT2D eigenvalue weighted by Crippen LogP contribution is 2.34. The molecule has 0 saturated heterocycles. The maximum Gasteiger partial charge on any atom is 0.150 e. The molecule has 0 spiro atoms. The molecule has 1 aliphatic carbocycles. The van der Waals surface area contributed by atoms with Crippen molar-refractivity contribution in [3.63, 3.8) is 0 Å². The molecule has 102 valence electrons. The Balaban J connectivity index is 2.37. The molecule has 0 bridgehead atoms. The van der Waals surface area contributed by atoms with E-state index in [1.807, 2.05) is 0 Å². The first-order valence-corrected chi connectivity index (χ1v) is 8.49. The molecule has 3 N–H and O–H groups in total. The lowest BCUT2D eigenvalue weighted by atomic mass is 9.88. The first kappa shape index (κ1) is 14.9. The Bertz CT molecular complexity index is 316. The van der Waals surface area contributed by atoms with E-state index in [4.69, 9.17) is 5.84 Å². The lowest BCUT2D eigenvalue weighted by Gasteiger charge is -2.26. The van der Waals surface area contributed by atoms with Crippen molar-refractivity contribution < 1.29 is 8.42 Å². The Morgan fingerprint density at radius 1 is 1.41 bits per heavy atom. The first-order valence-electron chi connectivity index (χ1n) is 6.66. The standard InChI is InChI=1S/C12H26N2O2S/c1-3-17(15,16)9-5-8-12(14-13)11-7-4-6-10(11)2/h10-12,14H,3-9,13H2,1-2H3. The molecule has 1 fully saturated rings. The normalized spacial score (nSPS) is 27.2. The molecule has 0 radical (unpaired) electrons. The molecule has 1 rings (SSSR count). The van der Waals surface area contributed by atoms with E-state index < -0.39 is 9.84 Å². The summed E-state index contributed by atoms with van der Waals surface area (Å²) in [5, 5.41) is 0. The number of hydrogen-bond donors (Lipinski definition) is 2. The summed E-state index contributed by atoms with van der Waals surface area (Å²) in [6.45, 7) is 3.97. The van der Waals surface area contributed by atoms with Crippen molar-refractivity contribution in [2.24, 2.45) is 17.7 Å². The molecular formula is C12H26N2O2S. The van der Waals surface area contributed by atoms with Gasteiger partial charge < -0.3 is 0 Å². The summed E-state index contributed by atoms with van der Waals surface area (Å²) in [5.41, 5.74) is 2.88. The van der Waals surface area contributed by atoms with Crippen LogP contribution in [0.1, 0.15) is 46.0 Å². The van der Waals surface area contributed by atoms with Crippen LogP contribution in [0, 0.1) is 11.8 Å². The van der Waals surface area contributed by atoms with Gasteiger partial charge >= 0.3 is 0 Å².